The molecule has 5 heteroatoms. The standard InChI is InChI=1S/C12H14F2O2S/c1-8(17-6-2-5-15)12(16)10-4-3-9(13)7-11(10)14/h3-4,7-8,15H,2,5-6H2,1H3. The Labute approximate surface area is 103 Å². The van der Waals surface area contributed by atoms with E-state index in [2.05, 4.69) is 0 Å². The average molecular weight is 260 g/mol. The van der Waals surface area contributed by atoms with Gasteiger partial charge in [-0.3, -0.25) is 4.79 Å². The van der Waals surface area contributed by atoms with Crippen LogP contribution in [-0.4, -0.2) is 28.5 Å². The molecule has 0 heterocycles. The summed E-state index contributed by atoms with van der Waals surface area (Å²) in [5.41, 5.74) is -0.0876. The third-order valence-electron chi connectivity index (χ3n) is 2.24. The number of benzene rings is 1. The molecule has 1 N–H and O–H groups in total. The summed E-state index contributed by atoms with van der Waals surface area (Å²) in [4.78, 5) is 11.8. The number of Topliss-reactive ketones (excluding diaryl/α,β-unsaturated/α-hetero) is 1. The molecule has 1 aromatic carbocycles. The predicted octanol–water partition coefficient (Wildman–Crippen LogP) is 2.65. The topological polar surface area (TPSA) is 37.3 Å². The first kappa shape index (κ1) is 14.1. The van der Waals surface area contributed by atoms with E-state index < -0.39 is 16.9 Å². The lowest BCUT2D eigenvalue weighted by Gasteiger charge is -2.10. The number of aliphatic hydroxyl groups is 1. The van der Waals surface area contributed by atoms with Crippen LogP contribution in [0.2, 0.25) is 0 Å². The van der Waals surface area contributed by atoms with Crippen LogP contribution in [0.15, 0.2) is 18.2 Å². The SMILES string of the molecule is CC(SCCCO)C(=O)c1ccc(F)cc1F. The van der Waals surface area contributed by atoms with E-state index >= 15 is 0 Å². The summed E-state index contributed by atoms with van der Waals surface area (Å²) in [5, 5.41) is 8.21. The van der Waals surface area contributed by atoms with E-state index in [1.807, 2.05) is 0 Å². The highest BCUT2D eigenvalue weighted by atomic mass is 32.2. The highest BCUT2D eigenvalue weighted by molar-refractivity contribution is 8.00. The maximum absolute atomic E-state index is 13.3. The van der Waals surface area contributed by atoms with Crippen molar-refractivity contribution in [3.05, 3.63) is 35.4 Å². The number of ketones is 1. The fraction of sp³-hybridized carbons (Fsp3) is 0.417. The van der Waals surface area contributed by atoms with Crippen LogP contribution < -0.4 is 0 Å². The molecule has 2 nitrogen and oxygen atoms in total. The Hall–Kier alpha value is -0.940. The monoisotopic (exact) mass is 260 g/mol. The van der Waals surface area contributed by atoms with Gasteiger partial charge in [0.15, 0.2) is 5.78 Å². The van der Waals surface area contributed by atoms with Crippen LogP contribution in [0, 0.1) is 11.6 Å². The van der Waals surface area contributed by atoms with Crippen molar-refractivity contribution in [1.82, 2.24) is 0 Å². The number of thioether (sulfide) groups is 1. The quantitative estimate of drug-likeness (QED) is 0.631. The second-order valence-corrected chi connectivity index (χ2v) is 5.03. The number of hydrogen-bond donors (Lipinski definition) is 1. The molecule has 0 aliphatic rings. The van der Waals surface area contributed by atoms with Gasteiger partial charge in [0.1, 0.15) is 11.6 Å². The van der Waals surface area contributed by atoms with Gasteiger partial charge in [0, 0.05) is 12.7 Å². The minimum Gasteiger partial charge on any atom is -0.396 e. The van der Waals surface area contributed by atoms with E-state index in [0.717, 1.165) is 12.1 Å². The zero-order valence-corrected chi connectivity index (χ0v) is 10.3. The van der Waals surface area contributed by atoms with Crippen molar-refractivity contribution in [2.45, 2.75) is 18.6 Å². The molecular weight excluding hydrogens is 246 g/mol. The van der Waals surface area contributed by atoms with Gasteiger partial charge in [-0.2, -0.15) is 11.8 Å². The number of carbonyl (C=O) groups is 1. The Balaban J connectivity index is 2.68. The van der Waals surface area contributed by atoms with Gasteiger partial charge in [-0.1, -0.05) is 0 Å². The molecule has 0 amide bonds. The highest BCUT2D eigenvalue weighted by Crippen LogP contribution is 2.19. The first-order valence-corrected chi connectivity index (χ1v) is 6.33. The third-order valence-corrected chi connectivity index (χ3v) is 3.47. The molecule has 0 aromatic heterocycles. The first-order chi connectivity index (χ1) is 8.06. The molecule has 0 aliphatic carbocycles. The van der Waals surface area contributed by atoms with Crippen molar-refractivity contribution >= 4 is 17.5 Å². The summed E-state index contributed by atoms with van der Waals surface area (Å²) >= 11 is 1.35. The van der Waals surface area contributed by atoms with E-state index in [1.54, 1.807) is 6.92 Å². The Morgan fingerprint density at radius 2 is 2.18 bits per heavy atom. The van der Waals surface area contributed by atoms with E-state index in [1.165, 1.54) is 11.8 Å². The molecule has 1 unspecified atom stereocenters. The molecule has 94 valence electrons. The van der Waals surface area contributed by atoms with Gasteiger partial charge in [-0.25, -0.2) is 8.78 Å². The molecule has 1 atom stereocenters. The molecular formula is C12H14F2O2S. The zero-order valence-electron chi connectivity index (χ0n) is 9.45. The normalized spacial score (nSPS) is 12.5. The molecule has 0 saturated carbocycles. The van der Waals surface area contributed by atoms with E-state index in [-0.39, 0.29) is 18.0 Å². The maximum atomic E-state index is 13.3. The lowest BCUT2D eigenvalue weighted by atomic mass is 10.1. The van der Waals surface area contributed by atoms with E-state index in [9.17, 15) is 13.6 Å². The molecule has 0 spiro atoms. The van der Waals surface area contributed by atoms with Gasteiger partial charge < -0.3 is 5.11 Å². The fourth-order valence-electron chi connectivity index (χ4n) is 1.31. The average Bonchev–Trinajstić information content (AvgIpc) is 2.28. The van der Waals surface area contributed by atoms with Gasteiger partial charge in [0.25, 0.3) is 0 Å². The summed E-state index contributed by atoms with van der Waals surface area (Å²) in [7, 11) is 0. The van der Waals surface area contributed by atoms with Crippen LogP contribution in [0.4, 0.5) is 8.78 Å². The summed E-state index contributed by atoms with van der Waals surface area (Å²) in [5.74, 6) is -1.25. The van der Waals surface area contributed by atoms with E-state index in [4.69, 9.17) is 5.11 Å². The van der Waals surface area contributed by atoms with Gasteiger partial charge >= 0.3 is 0 Å². The van der Waals surface area contributed by atoms with Crippen LogP contribution in [0.3, 0.4) is 0 Å². The molecule has 0 aliphatic heterocycles. The smallest absolute Gasteiger partial charge is 0.178 e. The largest absolute Gasteiger partial charge is 0.396 e. The van der Waals surface area contributed by atoms with Gasteiger partial charge in [-0.05, 0) is 31.2 Å². The fourth-order valence-corrected chi connectivity index (χ4v) is 2.24. The van der Waals surface area contributed by atoms with Gasteiger partial charge in [-0.15, -0.1) is 0 Å². The van der Waals surface area contributed by atoms with Crippen molar-refractivity contribution in [3.63, 3.8) is 0 Å². The van der Waals surface area contributed by atoms with Crippen molar-refractivity contribution in [2.24, 2.45) is 0 Å². The minimum atomic E-state index is -0.829. The number of aliphatic hydroxyl groups excluding tert-OH is 1. The molecule has 17 heavy (non-hydrogen) atoms. The Morgan fingerprint density at radius 3 is 2.76 bits per heavy atom. The highest BCUT2D eigenvalue weighted by Gasteiger charge is 2.19. The van der Waals surface area contributed by atoms with Crippen molar-refractivity contribution in [2.75, 3.05) is 12.4 Å². The van der Waals surface area contributed by atoms with E-state index in [0.29, 0.717) is 18.2 Å². The van der Waals surface area contributed by atoms with Gasteiger partial charge in [0.2, 0.25) is 0 Å². The second kappa shape index (κ2) is 6.71. The van der Waals surface area contributed by atoms with Gasteiger partial charge in [0.05, 0.1) is 10.8 Å². The summed E-state index contributed by atoms with van der Waals surface area (Å²) in [6.45, 7) is 1.74. The lowest BCUT2D eigenvalue weighted by molar-refractivity contribution is 0.0990. The first-order valence-electron chi connectivity index (χ1n) is 5.28. The summed E-state index contributed by atoms with van der Waals surface area (Å²) < 4.78 is 26.0. The van der Waals surface area contributed by atoms with Crippen LogP contribution in [0.5, 0.6) is 0 Å². The number of rotatable bonds is 6. The van der Waals surface area contributed by atoms with Crippen molar-refractivity contribution in [3.8, 4) is 0 Å². The zero-order chi connectivity index (χ0) is 12.8. The Bertz CT molecular complexity index is 396. The number of halogens is 2. The van der Waals surface area contributed by atoms with Crippen LogP contribution in [0.1, 0.15) is 23.7 Å². The molecule has 0 saturated heterocycles. The van der Waals surface area contributed by atoms with Crippen molar-refractivity contribution < 1.29 is 18.7 Å². The Morgan fingerprint density at radius 1 is 1.47 bits per heavy atom. The summed E-state index contributed by atoms with van der Waals surface area (Å²) in [6, 6.07) is 2.94. The molecule has 0 radical (unpaired) electrons. The Kier molecular flexibility index (Phi) is 5.58. The minimum absolute atomic E-state index is 0.0683. The third kappa shape index (κ3) is 4.09. The number of hydrogen-bond acceptors (Lipinski definition) is 3. The number of carbonyl (C=O) groups excluding carboxylic acids is 1. The maximum Gasteiger partial charge on any atom is 0.178 e. The van der Waals surface area contributed by atoms with Crippen LogP contribution in [-0.2, 0) is 0 Å². The predicted molar refractivity (Wildman–Crippen MR) is 64.3 cm³/mol. The molecule has 1 rings (SSSR count). The van der Waals surface area contributed by atoms with Crippen LogP contribution in [0.25, 0.3) is 0 Å². The van der Waals surface area contributed by atoms with Crippen LogP contribution >= 0.6 is 11.8 Å². The molecule has 0 fully saturated rings. The van der Waals surface area contributed by atoms with Crippen molar-refractivity contribution in [1.29, 1.82) is 0 Å². The summed E-state index contributed by atoms with van der Waals surface area (Å²) in [6.07, 6.45) is 0.591. The molecule has 1 aromatic rings. The second-order valence-electron chi connectivity index (χ2n) is 3.58. The molecule has 0 bridgehead atoms. The lowest BCUT2D eigenvalue weighted by Crippen LogP contribution is -2.16.